The lowest BCUT2D eigenvalue weighted by Crippen LogP contribution is -2.21. The molecule has 0 unspecified atom stereocenters. The highest BCUT2D eigenvalue weighted by molar-refractivity contribution is 14.1. The van der Waals surface area contributed by atoms with Gasteiger partial charge in [0, 0.05) is 11.4 Å². The molecule has 0 aliphatic heterocycles. The topological polar surface area (TPSA) is 100 Å². The predicted molar refractivity (Wildman–Crippen MR) is 154 cm³/mol. The van der Waals surface area contributed by atoms with Crippen LogP contribution in [-0.4, -0.2) is 25.0 Å². The highest BCUT2D eigenvalue weighted by Gasteiger charge is 2.16. The van der Waals surface area contributed by atoms with E-state index in [0.717, 1.165) is 22.4 Å². The quantitative estimate of drug-likeness (QED) is 0.172. The Morgan fingerprint density at radius 1 is 0.973 bits per heavy atom. The second-order valence-corrected chi connectivity index (χ2v) is 9.45. The lowest BCUT2D eigenvalue weighted by molar-refractivity contribution is -0.118. The van der Waals surface area contributed by atoms with Gasteiger partial charge >= 0.3 is 0 Å². The van der Waals surface area contributed by atoms with Crippen LogP contribution < -0.4 is 20.1 Å². The van der Waals surface area contributed by atoms with Crippen molar-refractivity contribution < 1.29 is 19.1 Å². The standard InChI is InChI=1S/C29H28IN3O4/c1-5-36-26-15-21(13-22(16-31)29(35)33-25-12-8-10-18(2)20(25)4)14-23(30)28(26)37-17-27(34)32-24-11-7-6-9-19(24)3/h6-15H,5,17H2,1-4H3,(H,32,34)(H,33,35)/b22-13-. The monoisotopic (exact) mass is 609 g/mol. The fourth-order valence-corrected chi connectivity index (χ4v) is 4.28. The number of carbonyl (C=O) groups is 2. The number of nitriles is 1. The molecule has 0 fully saturated rings. The SMILES string of the molecule is CCOc1cc(/C=C(/C#N)C(=O)Nc2cccc(C)c2C)cc(I)c1OCC(=O)Nc1ccccc1C. The van der Waals surface area contributed by atoms with Crippen LogP contribution in [0.5, 0.6) is 11.5 Å². The molecule has 8 heteroatoms. The van der Waals surface area contributed by atoms with E-state index in [1.165, 1.54) is 6.08 Å². The van der Waals surface area contributed by atoms with Crippen molar-refractivity contribution in [1.82, 2.24) is 0 Å². The normalized spacial score (nSPS) is 10.9. The third-order valence-electron chi connectivity index (χ3n) is 5.63. The Hall–Kier alpha value is -3.84. The summed E-state index contributed by atoms with van der Waals surface area (Å²) >= 11 is 2.08. The summed E-state index contributed by atoms with van der Waals surface area (Å²) < 4.78 is 12.2. The lowest BCUT2D eigenvalue weighted by Gasteiger charge is -2.15. The van der Waals surface area contributed by atoms with Crippen molar-refractivity contribution >= 4 is 51.9 Å². The summed E-state index contributed by atoms with van der Waals surface area (Å²) in [4.78, 5) is 25.3. The summed E-state index contributed by atoms with van der Waals surface area (Å²) in [5.41, 5.74) is 4.85. The molecule has 0 aromatic heterocycles. The molecule has 190 valence electrons. The second kappa shape index (κ2) is 12.9. The highest BCUT2D eigenvalue weighted by atomic mass is 127. The van der Waals surface area contributed by atoms with Gasteiger partial charge in [0.15, 0.2) is 18.1 Å². The highest BCUT2D eigenvalue weighted by Crippen LogP contribution is 2.35. The number of aryl methyl sites for hydroxylation is 2. The van der Waals surface area contributed by atoms with E-state index in [9.17, 15) is 14.9 Å². The van der Waals surface area contributed by atoms with Crippen LogP contribution in [-0.2, 0) is 9.59 Å². The molecule has 0 radical (unpaired) electrons. The summed E-state index contributed by atoms with van der Waals surface area (Å²) in [5.74, 6) is 0.0261. The van der Waals surface area contributed by atoms with Crippen molar-refractivity contribution in [3.63, 3.8) is 0 Å². The molecule has 3 rings (SSSR count). The third-order valence-corrected chi connectivity index (χ3v) is 6.43. The van der Waals surface area contributed by atoms with Crippen molar-refractivity contribution in [2.75, 3.05) is 23.8 Å². The van der Waals surface area contributed by atoms with Gasteiger partial charge in [0.1, 0.15) is 11.6 Å². The third kappa shape index (κ3) is 7.33. The largest absolute Gasteiger partial charge is 0.490 e. The van der Waals surface area contributed by atoms with E-state index in [4.69, 9.17) is 9.47 Å². The number of hydrogen-bond acceptors (Lipinski definition) is 5. The van der Waals surface area contributed by atoms with E-state index in [0.29, 0.717) is 32.9 Å². The van der Waals surface area contributed by atoms with E-state index in [1.807, 2.05) is 70.2 Å². The second-order valence-electron chi connectivity index (χ2n) is 8.29. The van der Waals surface area contributed by atoms with Gasteiger partial charge < -0.3 is 20.1 Å². The number of anilines is 2. The first-order valence-electron chi connectivity index (χ1n) is 11.7. The fourth-order valence-electron chi connectivity index (χ4n) is 3.50. The Bertz CT molecular complexity index is 1390. The number of halogens is 1. The van der Waals surface area contributed by atoms with E-state index in [1.54, 1.807) is 18.2 Å². The molecule has 0 spiro atoms. The van der Waals surface area contributed by atoms with Gasteiger partial charge in [0.05, 0.1) is 10.2 Å². The van der Waals surface area contributed by atoms with Gasteiger partial charge in [-0.3, -0.25) is 9.59 Å². The van der Waals surface area contributed by atoms with Gasteiger partial charge in [-0.2, -0.15) is 5.26 Å². The van der Waals surface area contributed by atoms with Crippen LogP contribution in [0.3, 0.4) is 0 Å². The van der Waals surface area contributed by atoms with E-state index in [2.05, 4.69) is 33.2 Å². The Kier molecular flexibility index (Phi) is 9.69. The Morgan fingerprint density at radius 3 is 2.38 bits per heavy atom. The minimum Gasteiger partial charge on any atom is -0.490 e. The number of benzene rings is 3. The molecular weight excluding hydrogens is 581 g/mol. The van der Waals surface area contributed by atoms with Gasteiger partial charge in [0.25, 0.3) is 11.8 Å². The summed E-state index contributed by atoms with van der Waals surface area (Å²) in [6.45, 7) is 7.78. The first-order chi connectivity index (χ1) is 17.7. The van der Waals surface area contributed by atoms with Crippen molar-refractivity contribution in [3.05, 3.63) is 86.0 Å². The molecule has 0 atom stereocenters. The van der Waals surface area contributed by atoms with Crippen molar-refractivity contribution in [1.29, 1.82) is 5.26 Å². The molecule has 0 aliphatic carbocycles. The first-order valence-corrected chi connectivity index (χ1v) is 12.7. The fraction of sp³-hybridized carbons (Fsp3) is 0.207. The van der Waals surface area contributed by atoms with Crippen LogP contribution in [0.15, 0.2) is 60.2 Å². The van der Waals surface area contributed by atoms with Crippen LogP contribution in [0.1, 0.15) is 29.2 Å². The molecule has 0 saturated heterocycles. The number of carbonyl (C=O) groups excluding carboxylic acids is 2. The minimum absolute atomic E-state index is 0.0505. The molecule has 3 aromatic rings. The first kappa shape index (κ1) is 27.7. The number of hydrogen-bond donors (Lipinski definition) is 2. The number of para-hydroxylation sites is 1. The van der Waals surface area contributed by atoms with Crippen LogP contribution in [0.25, 0.3) is 6.08 Å². The number of ether oxygens (including phenoxy) is 2. The summed E-state index contributed by atoms with van der Waals surface area (Å²) in [6, 6.07) is 18.5. The molecule has 0 aliphatic rings. The molecule has 7 nitrogen and oxygen atoms in total. The molecule has 2 N–H and O–H groups in total. The van der Waals surface area contributed by atoms with Crippen LogP contribution in [0.2, 0.25) is 0 Å². The minimum atomic E-state index is -0.502. The zero-order valence-corrected chi connectivity index (χ0v) is 23.3. The van der Waals surface area contributed by atoms with Crippen molar-refractivity contribution in [2.45, 2.75) is 27.7 Å². The zero-order chi connectivity index (χ0) is 26.9. The molecule has 3 aromatic carbocycles. The number of amides is 2. The smallest absolute Gasteiger partial charge is 0.266 e. The zero-order valence-electron chi connectivity index (χ0n) is 21.1. The van der Waals surface area contributed by atoms with E-state index >= 15 is 0 Å². The average Bonchev–Trinajstić information content (AvgIpc) is 2.86. The number of rotatable bonds is 9. The van der Waals surface area contributed by atoms with E-state index < -0.39 is 5.91 Å². The molecule has 37 heavy (non-hydrogen) atoms. The van der Waals surface area contributed by atoms with Gasteiger partial charge in [-0.05, 0) is 103 Å². The van der Waals surface area contributed by atoms with E-state index in [-0.39, 0.29) is 18.1 Å². The maximum Gasteiger partial charge on any atom is 0.266 e. The Balaban J connectivity index is 1.80. The Labute approximate surface area is 230 Å². The summed E-state index contributed by atoms with van der Waals surface area (Å²) in [5, 5.41) is 15.3. The van der Waals surface area contributed by atoms with Gasteiger partial charge in [-0.25, -0.2) is 0 Å². The molecule has 0 saturated carbocycles. The van der Waals surface area contributed by atoms with Crippen LogP contribution in [0, 0.1) is 35.7 Å². The van der Waals surface area contributed by atoms with Gasteiger partial charge in [0.2, 0.25) is 0 Å². The summed E-state index contributed by atoms with van der Waals surface area (Å²) in [6.07, 6.45) is 1.50. The summed E-state index contributed by atoms with van der Waals surface area (Å²) in [7, 11) is 0. The molecule has 0 heterocycles. The van der Waals surface area contributed by atoms with Crippen molar-refractivity contribution in [3.8, 4) is 17.6 Å². The van der Waals surface area contributed by atoms with Crippen LogP contribution >= 0.6 is 22.6 Å². The van der Waals surface area contributed by atoms with Gasteiger partial charge in [-0.1, -0.05) is 30.3 Å². The maximum absolute atomic E-state index is 12.8. The predicted octanol–water partition coefficient (Wildman–Crippen LogP) is 6.18. The van der Waals surface area contributed by atoms with Crippen molar-refractivity contribution in [2.24, 2.45) is 0 Å². The molecule has 2 amide bonds. The van der Waals surface area contributed by atoms with Crippen LogP contribution in [0.4, 0.5) is 11.4 Å². The average molecular weight is 609 g/mol. The lowest BCUT2D eigenvalue weighted by atomic mass is 10.1. The Morgan fingerprint density at radius 2 is 1.68 bits per heavy atom. The number of nitrogens with zero attached hydrogens (tertiary/aromatic N) is 1. The van der Waals surface area contributed by atoms with Gasteiger partial charge in [-0.15, -0.1) is 0 Å². The molecule has 0 bridgehead atoms. The molecular formula is C29H28IN3O4. The number of nitrogens with one attached hydrogen (secondary N) is 2. The maximum atomic E-state index is 12.8.